The van der Waals surface area contributed by atoms with E-state index in [1.807, 2.05) is 25.1 Å². The van der Waals surface area contributed by atoms with E-state index in [4.69, 9.17) is 9.47 Å². The first-order chi connectivity index (χ1) is 15.0. The van der Waals surface area contributed by atoms with E-state index < -0.39 is 10.0 Å². The van der Waals surface area contributed by atoms with E-state index in [2.05, 4.69) is 20.4 Å². The van der Waals surface area contributed by atoms with Crippen LogP contribution in [-0.2, 0) is 14.8 Å². The number of nitrogens with one attached hydrogen (secondary N) is 1. The van der Waals surface area contributed by atoms with Crippen LogP contribution in [0.15, 0.2) is 35.2 Å². The van der Waals surface area contributed by atoms with Crippen molar-refractivity contribution in [2.75, 3.05) is 56.7 Å². The molecule has 4 rings (SSSR count). The van der Waals surface area contributed by atoms with Crippen molar-refractivity contribution in [1.82, 2.24) is 14.5 Å². The number of aryl methyl sites for hydroxylation is 1. The molecule has 168 valence electrons. The third kappa shape index (κ3) is 4.91. The standard InChI is InChI=1S/C21H29N5O4S/c1-16-5-6-18(29-2)19(14-16)31(27,28)26-11-9-25(10-12-26)21-8-7-20(23-24-21)22-15-17-4-3-13-30-17/h5-8,14,17H,3-4,9-13,15H2,1-2H3,(H,22,23). The zero-order valence-electron chi connectivity index (χ0n) is 18.0. The van der Waals surface area contributed by atoms with E-state index in [1.54, 1.807) is 12.1 Å². The molecule has 1 N–H and O–H groups in total. The molecule has 9 nitrogen and oxygen atoms in total. The summed E-state index contributed by atoms with van der Waals surface area (Å²) in [6.45, 7) is 5.27. The first kappa shape index (κ1) is 21.8. The molecule has 2 saturated heterocycles. The second-order valence-corrected chi connectivity index (χ2v) is 9.74. The van der Waals surface area contributed by atoms with Gasteiger partial charge in [-0.3, -0.25) is 0 Å². The molecule has 0 amide bonds. The molecule has 0 bridgehead atoms. The quantitative estimate of drug-likeness (QED) is 0.687. The number of hydrogen-bond acceptors (Lipinski definition) is 8. The third-order valence-electron chi connectivity index (χ3n) is 5.68. The van der Waals surface area contributed by atoms with Crippen LogP contribution in [0.4, 0.5) is 11.6 Å². The average Bonchev–Trinajstić information content (AvgIpc) is 3.32. The van der Waals surface area contributed by atoms with Crippen LogP contribution in [0.25, 0.3) is 0 Å². The lowest BCUT2D eigenvalue weighted by molar-refractivity contribution is 0.120. The summed E-state index contributed by atoms with van der Waals surface area (Å²) in [6, 6.07) is 9.02. The lowest BCUT2D eigenvalue weighted by Gasteiger charge is -2.34. The second-order valence-electron chi connectivity index (χ2n) is 7.84. The minimum absolute atomic E-state index is 0.213. The number of hydrogen-bond donors (Lipinski definition) is 1. The molecule has 0 spiro atoms. The molecule has 3 heterocycles. The molecule has 2 aromatic rings. The molecular weight excluding hydrogens is 418 g/mol. The zero-order valence-corrected chi connectivity index (χ0v) is 18.8. The molecule has 1 unspecified atom stereocenters. The van der Waals surface area contributed by atoms with E-state index >= 15 is 0 Å². The summed E-state index contributed by atoms with van der Waals surface area (Å²) in [7, 11) is -2.15. The van der Waals surface area contributed by atoms with Gasteiger partial charge < -0.3 is 19.7 Å². The maximum atomic E-state index is 13.2. The van der Waals surface area contributed by atoms with E-state index in [9.17, 15) is 8.42 Å². The van der Waals surface area contributed by atoms with E-state index in [0.717, 1.165) is 37.4 Å². The Kier molecular flexibility index (Phi) is 6.59. The van der Waals surface area contributed by atoms with Crippen LogP contribution in [0.3, 0.4) is 0 Å². The summed E-state index contributed by atoms with van der Waals surface area (Å²) in [6.07, 6.45) is 2.42. The summed E-state index contributed by atoms with van der Waals surface area (Å²) >= 11 is 0. The number of aromatic nitrogens is 2. The number of nitrogens with zero attached hydrogens (tertiary/aromatic N) is 4. The molecule has 1 atom stereocenters. The van der Waals surface area contributed by atoms with Crippen LogP contribution in [0.5, 0.6) is 5.75 Å². The molecular formula is C21H29N5O4S. The lowest BCUT2D eigenvalue weighted by atomic mass is 10.2. The summed E-state index contributed by atoms with van der Waals surface area (Å²) in [5.74, 6) is 1.82. The highest BCUT2D eigenvalue weighted by molar-refractivity contribution is 7.89. The summed E-state index contributed by atoms with van der Waals surface area (Å²) in [5.41, 5.74) is 0.876. The summed E-state index contributed by atoms with van der Waals surface area (Å²) in [5, 5.41) is 11.8. The van der Waals surface area contributed by atoms with E-state index in [1.165, 1.54) is 11.4 Å². The number of piperazine rings is 1. The number of sulfonamides is 1. The molecule has 0 aliphatic carbocycles. The van der Waals surface area contributed by atoms with Gasteiger partial charge in [-0.2, -0.15) is 4.31 Å². The topological polar surface area (TPSA) is 96.9 Å². The van der Waals surface area contributed by atoms with E-state index in [0.29, 0.717) is 37.7 Å². The van der Waals surface area contributed by atoms with Crippen molar-refractivity contribution < 1.29 is 17.9 Å². The van der Waals surface area contributed by atoms with Gasteiger partial charge in [0.2, 0.25) is 10.0 Å². The molecule has 2 aliphatic heterocycles. The highest BCUT2D eigenvalue weighted by Crippen LogP contribution is 2.29. The maximum Gasteiger partial charge on any atom is 0.246 e. The Hall–Kier alpha value is -2.43. The number of rotatable bonds is 7. The lowest BCUT2D eigenvalue weighted by Crippen LogP contribution is -2.49. The fraction of sp³-hybridized carbons (Fsp3) is 0.524. The number of anilines is 2. The monoisotopic (exact) mass is 447 g/mol. The Labute approximate surface area is 183 Å². The molecule has 31 heavy (non-hydrogen) atoms. The van der Waals surface area contributed by atoms with Crippen molar-refractivity contribution >= 4 is 21.7 Å². The molecule has 1 aromatic carbocycles. The van der Waals surface area contributed by atoms with E-state index in [-0.39, 0.29) is 11.0 Å². The fourth-order valence-electron chi connectivity index (χ4n) is 3.89. The number of benzene rings is 1. The predicted octanol–water partition coefficient (Wildman–Crippen LogP) is 1.90. The van der Waals surface area contributed by atoms with Gasteiger partial charge in [-0.1, -0.05) is 6.07 Å². The SMILES string of the molecule is COc1ccc(C)cc1S(=O)(=O)N1CCN(c2ccc(NCC3CCCO3)nn2)CC1. The summed E-state index contributed by atoms with van der Waals surface area (Å²) < 4.78 is 38.7. The highest BCUT2D eigenvalue weighted by Gasteiger charge is 2.31. The van der Waals surface area contributed by atoms with Crippen molar-refractivity contribution in [3.8, 4) is 5.75 Å². The smallest absolute Gasteiger partial charge is 0.246 e. The van der Waals surface area contributed by atoms with Crippen molar-refractivity contribution in [3.63, 3.8) is 0 Å². The first-order valence-corrected chi connectivity index (χ1v) is 12.0. The minimum Gasteiger partial charge on any atom is -0.495 e. The van der Waals surface area contributed by atoms with Gasteiger partial charge in [0.15, 0.2) is 5.82 Å². The largest absolute Gasteiger partial charge is 0.495 e. The third-order valence-corrected chi connectivity index (χ3v) is 7.60. The van der Waals surface area contributed by atoms with Crippen LogP contribution in [-0.4, -0.2) is 75.5 Å². The van der Waals surface area contributed by atoms with Gasteiger partial charge in [0.1, 0.15) is 16.5 Å². The molecule has 2 aliphatic rings. The van der Waals surface area contributed by atoms with Crippen molar-refractivity contribution in [3.05, 3.63) is 35.9 Å². The zero-order chi connectivity index (χ0) is 21.8. The maximum absolute atomic E-state index is 13.2. The van der Waals surface area contributed by atoms with Gasteiger partial charge in [0, 0.05) is 39.3 Å². The number of ether oxygens (including phenoxy) is 2. The molecule has 2 fully saturated rings. The number of methoxy groups -OCH3 is 1. The Morgan fingerprint density at radius 1 is 1.16 bits per heavy atom. The van der Waals surface area contributed by atoms with Gasteiger partial charge in [0.05, 0.1) is 13.2 Å². The molecule has 1 aromatic heterocycles. The Balaban J connectivity index is 1.36. The van der Waals surface area contributed by atoms with Gasteiger partial charge in [-0.05, 0) is 49.6 Å². The normalized spacial score (nSPS) is 20.1. The van der Waals surface area contributed by atoms with Gasteiger partial charge in [-0.25, -0.2) is 8.42 Å². The minimum atomic E-state index is -3.63. The second kappa shape index (κ2) is 9.37. The Morgan fingerprint density at radius 3 is 2.61 bits per heavy atom. The predicted molar refractivity (Wildman–Crippen MR) is 118 cm³/mol. The fourth-order valence-corrected chi connectivity index (χ4v) is 5.56. The van der Waals surface area contributed by atoms with Gasteiger partial charge in [0.25, 0.3) is 0 Å². The van der Waals surface area contributed by atoms with Gasteiger partial charge in [-0.15, -0.1) is 10.2 Å². The van der Waals surface area contributed by atoms with Crippen molar-refractivity contribution in [2.24, 2.45) is 0 Å². The van der Waals surface area contributed by atoms with Crippen LogP contribution in [0.1, 0.15) is 18.4 Å². The van der Waals surface area contributed by atoms with Crippen LogP contribution in [0.2, 0.25) is 0 Å². The van der Waals surface area contributed by atoms with Crippen molar-refractivity contribution in [2.45, 2.75) is 30.8 Å². The molecule has 10 heteroatoms. The summed E-state index contributed by atoms with van der Waals surface area (Å²) in [4.78, 5) is 2.26. The van der Waals surface area contributed by atoms with Crippen LogP contribution in [0, 0.1) is 6.92 Å². The molecule has 0 saturated carbocycles. The van der Waals surface area contributed by atoms with Crippen LogP contribution < -0.4 is 15.0 Å². The Bertz CT molecular complexity index is 985. The Morgan fingerprint density at radius 2 is 1.97 bits per heavy atom. The van der Waals surface area contributed by atoms with Crippen LogP contribution >= 0.6 is 0 Å². The molecule has 0 radical (unpaired) electrons. The average molecular weight is 448 g/mol. The highest BCUT2D eigenvalue weighted by atomic mass is 32.2. The first-order valence-electron chi connectivity index (χ1n) is 10.6. The van der Waals surface area contributed by atoms with Gasteiger partial charge >= 0.3 is 0 Å². The van der Waals surface area contributed by atoms with Crippen molar-refractivity contribution in [1.29, 1.82) is 0 Å².